The summed E-state index contributed by atoms with van der Waals surface area (Å²) in [6, 6.07) is 19.2. The summed E-state index contributed by atoms with van der Waals surface area (Å²) >= 11 is 3.65. The van der Waals surface area contributed by atoms with Crippen LogP contribution in [0.5, 0.6) is 0 Å². The molecule has 6 heterocycles. The van der Waals surface area contributed by atoms with Crippen molar-refractivity contribution in [2.75, 3.05) is 68.0 Å². The first kappa shape index (κ1) is 44.1. The van der Waals surface area contributed by atoms with Gasteiger partial charge in [-0.25, -0.2) is 8.78 Å². The van der Waals surface area contributed by atoms with Gasteiger partial charge in [-0.05, 0) is 138 Å². The van der Waals surface area contributed by atoms with Crippen molar-refractivity contribution >= 4 is 67.7 Å². The molecule has 4 saturated heterocycles. The fourth-order valence-corrected chi connectivity index (χ4v) is 11.1. The van der Waals surface area contributed by atoms with Crippen LogP contribution in [-0.2, 0) is 33.8 Å². The number of nitrogens with zero attached hydrogens (tertiary/aromatic N) is 5. The van der Waals surface area contributed by atoms with E-state index in [0.717, 1.165) is 116 Å². The van der Waals surface area contributed by atoms with E-state index in [9.17, 15) is 28.0 Å². The normalized spacial score (nSPS) is 20.2. The Morgan fingerprint density at radius 3 is 2.36 bits per heavy atom. The number of amides is 4. The maximum absolute atomic E-state index is 14.1. The lowest BCUT2D eigenvalue weighted by Gasteiger charge is -2.43. The molecule has 0 saturated carbocycles. The Morgan fingerprint density at radius 1 is 0.833 bits per heavy atom. The van der Waals surface area contributed by atoms with Gasteiger partial charge in [0.05, 0.1) is 16.6 Å². The number of imide groups is 1. The van der Waals surface area contributed by atoms with Crippen LogP contribution in [0.15, 0.2) is 71.2 Å². The third kappa shape index (κ3) is 9.44. The van der Waals surface area contributed by atoms with Crippen molar-refractivity contribution in [2.24, 2.45) is 0 Å². The van der Waals surface area contributed by atoms with Gasteiger partial charge < -0.3 is 25.2 Å². The fourth-order valence-electron chi connectivity index (χ4n) is 10.4. The maximum Gasteiger partial charge on any atom is 0.258 e. The number of aromatic nitrogens is 2. The second-order valence-electron chi connectivity index (χ2n) is 18.2. The van der Waals surface area contributed by atoms with Gasteiger partial charge in [-0.15, -0.1) is 0 Å². The van der Waals surface area contributed by atoms with Crippen LogP contribution in [0.2, 0.25) is 0 Å². The van der Waals surface area contributed by atoms with Crippen LogP contribution < -0.4 is 20.9 Å². The van der Waals surface area contributed by atoms with Gasteiger partial charge in [-0.3, -0.25) is 39.4 Å². The number of fused-ring (bicyclic) bond motifs is 2. The number of piperidine rings is 2. The number of likely N-dealkylation sites (tertiary alicyclic amines) is 1. The summed E-state index contributed by atoms with van der Waals surface area (Å²) in [7, 11) is 0. The average molecular weight is 965 g/mol. The number of piperazine rings is 1. The number of nitrogens with one attached hydrogen (secondary N) is 4. The van der Waals surface area contributed by atoms with Gasteiger partial charge in [0.25, 0.3) is 11.8 Å². The lowest BCUT2D eigenvalue weighted by Crippen LogP contribution is -2.53. The highest BCUT2D eigenvalue weighted by Gasteiger charge is 2.40. The van der Waals surface area contributed by atoms with E-state index in [1.54, 1.807) is 4.90 Å². The number of hydrogen-bond donors (Lipinski definition) is 4. The Bertz CT molecular complexity index is 2670. The Labute approximate surface area is 389 Å². The molecule has 5 aliphatic heterocycles. The van der Waals surface area contributed by atoms with E-state index in [4.69, 9.17) is 4.74 Å². The number of aromatic amines is 1. The summed E-state index contributed by atoms with van der Waals surface area (Å²) < 4.78 is 34.2. The van der Waals surface area contributed by atoms with Gasteiger partial charge in [0.2, 0.25) is 11.8 Å². The highest BCUT2D eigenvalue weighted by atomic mass is 79.9. The molecule has 5 aromatic rings. The van der Waals surface area contributed by atoms with Crippen molar-refractivity contribution < 1.29 is 32.7 Å². The Hall–Kier alpha value is -5.75. The minimum atomic E-state index is -0.639. The average Bonchev–Trinajstić information content (AvgIpc) is 3.86. The van der Waals surface area contributed by atoms with Crippen LogP contribution in [0.1, 0.15) is 81.5 Å². The molecule has 17 heteroatoms. The Morgan fingerprint density at radius 2 is 1.61 bits per heavy atom. The summed E-state index contributed by atoms with van der Waals surface area (Å²) in [5, 5.41) is 17.2. The van der Waals surface area contributed by atoms with Crippen molar-refractivity contribution in [3.63, 3.8) is 0 Å². The molecule has 0 spiro atoms. The van der Waals surface area contributed by atoms with E-state index in [2.05, 4.69) is 68.9 Å². The topological polar surface area (TPSA) is 155 Å². The zero-order valence-corrected chi connectivity index (χ0v) is 38.1. The van der Waals surface area contributed by atoms with Crippen molar-refractivity contribution in [2.45, 2.75) is 76.2 Å². The van der Waals surface area contributed by atoms with Crippen molar-refractivity contribution in [1.82, 2.24) is 30.2 Å². The number of carbonyl (C=O) groups is 4. The van der Waals surface area contributed by atoms with E-state index in [0.29, 0.717) is 66.5 Å². The number of rotatable bonds is 11. The van der Waals surface area contributed by atoms with E-state index < -0.39 is 23.6 Å². The molecule has 4 amide bonds. The molecular weight excluding hydrogens is 912 g/mol. The standard InChI is InChI=1S/C49H52BrF2N9O5/c50-40-24-31(20-32-28-61(49(65)45(32)40)43-5-6-44(62)54-48(43)64)27-58-11-7-36(8-12-58)59-13-15-60(16-14-59)37-2-3-38(42(26-37)53-35-9-17-66-18-10-35)47(63)55-46-39-23-29(1-4-41(39)56-57-46)19-30-21-33(51)25-34(52)22-30/h1-4,20-26,35-36,43,53H,5-19,27-28H2,(H,54,62,64)(H2,55,56,57,63). The quantitative estimate of drug-likeness (QED) is 0.107. The number of halogens is 3. The van der Waals surface area contributed by atoms with Crippen molar-refractivity contribution in [3.8, 4) is 0 Å². The Kier molecular flexibility index (Phi) is 12.6. The molecule has 4 aromatic carbocycles. The zero-order valence-electron chi connectivity index (χ0n) is 36.5. The van der Waals surface area contributed by atoms with Crippen molar-refractivity contribution in [1.29, 1.82) is 0 Å². The SMILES string of the molecule is O=C1CCC(N2Cc3cc(CN4CCC(N5CCN(c6ccc(C(=O)Nc7n[nH]c8ccc(Cc9cc(F)cc(F)c9)cc78)c(NC7CCOCC7)c6)CC5)CC4)cc(Br)c3C2=O)C(=O)N1. The largest absolute Gasteiger partial charge is 0.381 e. The minimum absolute atomic E-state index is 0.161. The summed E-state index contributed by atoms with van der Waals surface area (Å²) in [6.07, 6.45) is 4.68. The van der Waals surface area contributed by atoms with E-state index >= 15 is 0 Å². The van der Waals surface area contributed by atoms with Gasteiger partial charge >= 0.3 is 0 Å². The summed E-state index contributed by atoms with van der Waals surface area (Å²) in [6.45, 7) is 7.99. The van der Waals surface area contributed by atoms with Crippen molar-refractivity contribution in [3.05, 3.63) is 116 Å². The second kappa shape index (κ2) is 18.9. The van der Waals surface area contributed by atoms with Crippen LogP contribution in [0, 0.1) is 11.6 Å². The van der Waals surface area contributed by atoms with Gasteiger partial charge in [0.1, 0.15) is 17.7 Å². The van der Waals surface area contributed by atoms with Crippen LogP contribution >= 0.6 is 15.9 Å². The van der Waals surface area contributed by atoms with E-state index in [1.165, 1.54) is 12.1 Å². The zero-order chi connectivity index (χ0) is 45.5. The smallest absolute Gasteiger partial charge is 0.258 e. The molecule has 4 fully saturated rings. The molecule has 1 aromatic heterocycles. The van der Waals surface area contributed by atoms with Gasteiger partial charge in [0.15, 0.2) is 5.82 Å². The predicted octanol–water partition coefficient (Wildman–Crippen LogP) is 6.59. The molecule has 0 radical (unpaired) electrons. The van der Waals surface area contributed by atoms with Crippen LogP contribution in [0.25, 0.3) is 10.9 Å². The molecule has 10 rings (SSSR count). The predicted molar refractivity (Wildman–Crippen MR) is 249 cm³/mol. The van der Waals surface area contributed by atoms with Crippen LogP contribution in [0.4, 0.5) is 26.0 Å². The van der Waals surface area contributed by atoms with Crippen LogP contribution in [-0.4, -0.2) is 119 Å². The van der Waals surface area contributed by atoms with E-state index in [1.807, 2.05) is 36.4 Å². The molecule has 14 nitrogen and oxygen atoms in total. The lowest BCUT2D eigenvalue weighted by molar-refractivity contribution is -0.136. The number of anilines is 3. The second-order valence-corrected chi connectivity index (χ2v) is 19.0. The maximum atomic E-state index is 14.1. The molecule has 0 bridgehead atoms. The fraction of sp³-hybridized carbons (Fsp3) is 0.408. The number of ether oxygens (including phenoxy) is 1. The summed E-state index contributed by atoms with van der Waals surface area (Å²) in [4.78, 5) is 60.8. The molecule has 66 heavy (non-hydrogen) atoms. The highest BCUT2D eigenvalue weighted by Crippen LogP contribution is 2.35. The monoisotopic (exact) mass is 963 g/mol. The molecule has 0 aliphatic carbocycles. The first-order chi connectivity index (χ1) is 32.0. The third-order valence-corrected chi connectivity index (χ3v) is 14.4. The van der Waals surface area contributed by atoms with Crippen LogP contribution in [0.3, 0.4) is 0 Å². The number of H-pyrrole nitrogens is 1. The number of hydrogen-bond acceptors (Lipinski definition) is 10. The van der Waals surface area contributed by atoms with Gasteiger partial charge in [0, 0.05) is 98.3 Å². The third-order valence-electron chi connectivity index (χ3n) is 13.8. The van der Waals surface area contributed by atoms with E-state index in [-0.39, 0.29) is 30.2 Å². The molecule has 4 N–H and O–H groups in total. The van der Waals surface area contributed by atoms with Gasteiger partial charge in [-0.1, -0.05) is 12.1 Å². The number of benzene rings is 4. The first-order valence-electron chi connectivity index (χ1n) is 22.9. The summed E-state index contributed by atoms with van der Waals surface area (Å²) in [5.74, 6) is -2.05. The number of carbonyl (C=O) groups excluding carboxylic acids is 4. The molecular formula is C49H52BrF2N9O5. The first-order valence-corrected chi connectivity index (χ1v) is 23.7. The molecule has 1 unspecified atom stereocenters. The highest BCUT2D eigenvalue weighted by molar-refractivity contribution is 9.10. The summed E-state index contributed by atoms with van der Waals surface area (Å²) in [5.41, 5.74) is 7.02. The lowest BCUT2D eigenvalue weighted by atomic mass is 10.0. The minimum Gasteiger partial charge on any atom is -0.381 e. The Balaban J connectivity index is 0.759. The molecule has 5 aliphatic rings. The van der Waals surface area contributed by atoms with Gasteiger partial charge in [-0.2, -0.15) is 5.10 Å². The molecule has 344 valence electrons. The molecule has 1 atom stereocenters.